The van der Waals surface area contributed by atoms with E-state index in [1.807, 2.05) is 0 Å². The van der Waals surface area contributed by atoms with Gasteiger partial charge in [0.1, 0.15) is 0 Å². The average molecular weight is 172 g/mol. The smallest absolute Gasteiger partial charge is 0.172 e. The second-order valence-electron chi connectivity index (χ2n) is 1.32. The summed E-state index contributed by atoms with van der Waals surface area (Å²) in [6, 6.07) is 0. The van der Waals surface area contributed by atoms with E-state index in [1.54, 1.807) is 0 Å². The van der Waals surface area contributed by atoms with E-state index in [-0.39, 0.29) is 24.7 Å². The van der Waals surface area contributed by atoms with Gasteiger partial charge in [-0.1, -0.05) is 6.58 Å². The van der Waals surface area contributed by atoms with E-state index in [0.29, 0.717) is 0 Å². The Labute approximate surface area is 61.3 Å². The summed E-state index contributed by atoms with van der Waals surface area (Å²) in [5.41, 5.74) is 4.96. The van der Waals surface area contributed by atoms with Crippen LogP contribution in [-0.2, 0) is 9.84 Å². The Morgan fingerprint density at radius 3 is 2.11 bits per heavy atom. The molecule has 0 aliphatic carbocycles. The zero-order chi connectivity index (χ0) is 6.62. The van der Waals surface area contributed by atoms with Gasteiger partial charge in [-0.25, -0.2) is 8.42 Å². The molecule has 0 saturated carbocycles. The third kappa shape index (κ3) is 5.82. The van der Waals surface area contributed by atoms with Gasteiger partial charge in [0.25, 0.3) is 0 Å². The number of sulfone groups is 1. The number of hydrogen-bond donors (Lipinski definition) is 1. The first-order chi connectivity index (χ1) is 3.62. The van der Waals surface area contributed by atoms with E-state index in [9.17, 15) is 8.42 Å². The van der Waals surface area contributed by atoms with Crippen molar-refractivity contribution >= 4 is 22.2 Å². The van der Waals surface area contributed by atoms with Crippen LogP contribution in [0.1, 0.15) is 0 Å². The Bertz CT molecular complexity index is 163. The molecule has 3 nitrogen and oxygen atoms in total. The minimum atomic E-state index is -3.03. The van der Waals surface area contributed by atoms with E-state index in [1.165, 1.54) is 0 Å². The molecule has 0 bridgehead atoms. The van der Waals surface area contributed by atoms with Crippen molar-refractivity contribution in [1.29, 1.82) is 0 Å². The molecular formula is C4H10ClNO2S. The zero-order valence-corrected chi connectivity index (χ0v) is 6.54. The SMILES string of the molecule is C=CS(=O)(=O)CCN.Cl. The van der Waals surface area contributed by atoms with Crippen molar-refractivity contribution in [2.24, 2.45) is 5.73 Å². The second-order valence-corrected chi connectivity index (χ2v) is 3.39. The van der Waals surface area contributed by atoms with Crippen LogP contribution in [0, 0.1) is 0 Å². The molecule has 0 aromatic carbocycles. The molecule has 0 rings (SSSR count). The molecule has 0 spiro atoms. The van der Waals surface area contributed by atoms with E-state index >= 15 is 0 Å². The highest BCUT2D eigenvalue weighted by Crippen LogP contribution is 1.85. The molecule has 0 aliphatic heterocycles. The molecule has 0 atom stereocenters. The van der Waals surface area contributed by atoms with Crippen molar-refractivity contribution in [3.05, 3.63) is 12.0 Å². The highest BCUT2D eigenvalue weighted by Gasteiger charge is 1.99. The second kappa shape index (κ2) is 4.78. The number of rotatable bonds is 3. The molecule has 0 saturated heterocycles. The average Bonchev–Trinajstić information content (AvgIpc) is 1.67. The molecule has 0 heterocycles. The quantitative estimate of drug-likeness (QED) is 0.647. The predicted octanol–water partition coefficient (Wildman–Crippen LogP) is -0.0748. The summed E-state index contributed by atoms with van der Waals surface area (Å²) in [4.78, 5) is 0. The lowest BCUT2D eigenvalue weighted by molar-refractivity contribution is 0.604. The maximum Gasteiger partial charge on any atom is 0.172 e. The molecule has 0 aliphatic rings. The fraction of sp³-hybridized carbons (Fsp3) is 0.500. The zero-order valence-electron chi connectivity index (χ0n) is 4.91. The predicted molar refractivity (Wildman–Crippen MR) is 40.3 cm³/mol. The Kier molecular flexibility index (Phi) is 6.22. The molecule has 0 aromatic rings. The molecule has 56 valence electrons. The fourth-order valence-corrected chi connectivity index (χ4v) is 0.743. The standard InChI is InChI=1S/C4H9NO2S.ClH/c1-2-8(6,7)4-3-5;/h2H,1,3-5H2;1H. The van der Waals surface area contributed by atoms with Crippen LogP contribution in [0.2, 0.25) is 0 Å². The highest BCUT2D eigenvalue weighted by molar-refractivity contribution is 7.94. The van der Waals surface area contributed by atoms with Crippen LogP contribution in [0.5, 0.6) is 0 Å². The third-order valence-corrected chi connectivity index (χ3v) is 1.97. The van der Waals surface area contributed by atoms with Gasteiger partial charge in [-0.05, 0) is 0 Å². The third-order valence-electron chi connectivity index (χ3n) is 0.656. The van der Waals surface area contributed by atoms with Crippen molar-refractivity contribution in [1.82, 2.24) is 0 Å². The Balaban J connectivity index is 0. The summed E-state index contributed by atoms with van der Waals surface area (Å²) in [5, 5.41) is 0.917. The van der Waals surface area contributed by atoms with Crippen molar-refractivity contribution in [2.45, 2.75) is 0 Å². The summed E-state index contributed by atoms with van der Waals surface area (Å²) >= 11 is 0. The van der Waals surface area contributed by atoms with Crippen molar-refractivity contribution in [3.63, 3.8) is 0 Å². The normalized spacial score (nSPS) is 9.89. The van der Waals surface area contributed by atoms with Gasteiger partial charge < -0.3 is 5.73 Å². The van der Waals surface area contributed by atoms with Gasteiger partial charge in [-0.2, -0.15) is 0 Å². The molecule has 0 amide bonds. The molecule has 0 fully saturated rings. The molecule has 2 N–H and O–H groups in total. The van der Waals surface area contributed by atoms with Crippen LogP contribution in [0.15, 0.2) is 12.0 Å². The number of nitrogens with two attached hydrogens (primary N) is 1. The molecular weight excluding hydrogens is 162 g/mol. The lowest BCUT2D eigenvalue weighted by atomic mass is 10.8. The van der Waals surface area contributed by atoms with Crippen LogP contribution in [0.3, 0.4) is 0 Å². The van der Waals surface area contributed by atoms with Gasteiger partial charge in [-0.3, -0.25) is 0 Å². The van der Waals surface area contributed by atoms with Gasteiger partial charge in [0.15, 0.2) is 9.84 Å². The topological polar surface area (TPSA) is 60.2 Å². The Hall–Kier alpha value is -0.0600. The highest BCUT2D eigenvalue weighted by atomic mass is 35.5. The minimum Gasteiger partial charge on any atom is -0.329 e. The van der Waals surface area contributed by atoms with Crippen LogP contribution in [-0.4, -0.2) is 20.7 Å². The van der Waals surface area contributed by atoms with Crippen LogP contribution in [0.4, 0.5) is 0 Å². The first-order valence-electron chi connectivity index (χ1n) is 2.17. The number of halogens is 1. The Morgan fingerprint density at radius 1 is 1.56 bits per heavy atom. The number of hydrogen-bond acceptors (Lipinski definition) is 3. The fourth-order valence-electron chi connectivity index (χ4n) is 0.248. The maximum absolute atomic E-state index is 10.4. The summed E-state index contributed by atoms with van der Waals surface area (Å²) in [5.74, 6) is -0.00347. The summed E-state index contributed by atoms with van der Waals surface area (Å²) in [7, 11) is -3.03. The monoisotopic (exact) mass is 171 g/mol. The van der Waals surface area contributed by atoms with Crippen molar-refractivity contribution in [3.8, 4) is 0 Å². The van der Waals surface area contributed by atoms with Gasteiger partial charge in [0.2, 0.25) is 0 Å². The van der Waals surface area contributed by atoms with Gasteiger partial charge in [-0.15, -0.1) is 12.4 Å². The van der Waals surface area contributed by atoms with Crippen molar-refractivity contribution in [2.75, 3.05) is 12.3 Å². The molecule has 9 heavy (non-hydrogen) atoms. The lowest BCUT2D eigenvalue weighted by Gasteiger charge is -1.89. The molecule has 0 unspecified atom stereocenters. The van der Waals surface area contributed by atoms with Gasteiger partial charge in [0, 0.05) is 12.0 Å². The van der Waals surface area contributed by atoms with E-state index in [0.717, 1.165) is 5.41 Å². The van der Waals surface area contributed by atoms with E-state index in [4.69, 9.17) is 5.73 Å². The first kappa shape index (κ1) is 11.7. The molecule has 0 aromatic heterocycles. The van der Waals surface area contributed by atoms with Crippen LogP contribution >= 0.6 is 12.4 Å². The largest absolute Gasteiger partial charge is 0.329 e. The first-order valence-corrected chi connectivity index (χ1v) is 3.89. The van der Waals surface area contributed by atoms with Crippen molar-refractivity contribution < 1.29 is 8.42 Å². The summed E-state index contributed by atoms with van der Waals surface area (Å²) in [6.07, 6.45) is 0. The van der Waals surface area contributed by atoms with E-state index in [2.05, 4.69) is 6.58 Å². The Morgan fingerprint density at radius 2 is 2.00 bits per heavy atom. The molecule has 0 radical (unpaired) electrons. The van der Waals surface area contributed by atoms with Crippen LogP contribution in [0.25, 0.3) is 0 Å². The lowest BCUT2D eigenvalue weighted by Crippen LogP contribution is -2.12. The summed E-state index contributed by atoms with van der Waals surface area (Å²) < 4.78 is 20.8. The maximum atomic E-state index is 10.4. The van der Waals surface area contributed by atoms with E-state index < -0.39 is 9.84 Å². The van der Waals surface area contributed by atoms with Crippen LogP contribution < -0.4 is 5.73 Å². The minimum absolute atomic E-state index is 0. The van der Waals surface area contributed by atoms with Gasteiger partial charge in [0.05, 0.1) is 5.75 Å². The molecule has 5 heteroatoms. The summed E-state index contributed by atoms with van der Waals surface area (Å²) in [6.45, 7) is 3.27. The van der Waals surface area contributed by atoms with Gasteiger partial charge >= 0.3 is 0 Å².